The van der Waals surface area contributed by atoms with E-state index in [1.165, 1.54) is 25.7 Å². The zero-order chi connectivity index (χ0) is 10.2. The molecule has 5 heteroatoms. The normalized spacial score (nSPS) is 31.4. The van der Waals surface area contributed by atoms with Crippen molar-refractivity contribution in [1.29, 1.82) is 0 Å². The van der Waals surface area contributed by atoms with Crippen molar-refractivity contribution in [3.8, 4) is 0 Å². The molecule has 1 unspecified atom stereocenters. The molecule has 1 spiro atoms. The second-order valence-corrected chi connectivity index (χ2v) is 7.37. The molecule has 2 fully saturated rings. The van der Waals surface area contributed by atoms with Crippen LogP contribution >= 0.6 is 10.7 Å². The lowest BCUT2D eigenvalue weighted by Gasteiger charge is -2.19. The van der Waals surface area contributed by atoms with Crippen molar-refractivity contribution in [1.82, 2.24) is 0 Å². The fraction of sp³-hybridized carbons (Fsp3) is 1.00. The van der Waals surface area contributed by atoms with Gasteiger partial charge in [-0.05, 0) is 24.7 Å². The molecule has 0 aromatic carbocycles. The summed E-state index contributed by atoms with van der Waals surface area (Å²) in [5.41, 5.74) is 0.284. The molecule has 0 aromatic rings. The van der Waals surface area contributed by atoms with Gasteiger partial charge in [0, 0.05) is 10.7 Å². The van der Waals surface area contributed by atoms with E-state index >= 15 is 0 Å². The van der Waals surface area contributed by atoms with Gasteiger partial charge in [0.15, 0.2) is 0 Å². The summed E-state index contributed by atoms with van der Waals surface area (Å²) in [6.07, 6.45) is 5.58. The lowest BCUT2D eigenvalue weighted by molar-refractivity contribution is 0.108. The highest BCUT2D eigenvalue weighted by atomic mass is 35.7. The molecule has 1 atom stereocenters. The van der Waals surface area contributed by atoms with E-state index in [2.05, 4.69) is 0 Å². The highest BCUT2D eigenvalue weighted by Crippen LogP contribution is 2.46. The molecule has 2 aliphatic rings. The summed E-state index contributed by atoms with van der Waals surface area (Å²) in [6, 6.07) is 0. The average Bonchev–Trinajstić information content (AvgIpc) is 2.60. The molecule has 1 aliphatic heterocycles. The molecule has 2 rings (SSSR count). The topological polar surface area (TPSA) is 43.4 Å². The molecule has 0 radical (unpaired) electrons. The predicted octanol–water partition coefficient (Wildman–Crippen LogP) is 1.90. The third-order valence-electron chi connectivity index (χ3n) is 3.34. The Morgan fingerprint density at radius 3 is 2.57 bits per heavy atom. The Morgan fingerprint density at radius 2 is 2.00 bits per heavy atom. The van der Waals surface area contributed by atoms with E-state index in [0.29, 0.717) is 0 Å². The van der Waals surface area contributed by atoms with Crippen molar-refractivity contribution in [3.05, 3.63) is 0 Å². The lowest BCUT2D eigenvalue weighted by atomic mass is 9.84. The van der Waals surface area contributed by atoms with Crippen LogP contribution in [-0.2, 0) is 13.8 Å². The van der Waals surface area contributed by atoms with E-state index < -0.39 is 9.05 Å². The van der Waals surface area contributed by atoms with E-state index in [4.69, 9.17) is 15.4 Å². The third kappa shape index (κ3) is 2.41. The van der Waals surface area contributed by atoms with Crippen molar-refractivity contribution in [2.45, 2.75) is 38.2 Å². The van der Waals surface area contributed by atoms with Gasteiger partial charge in [-0.25, -0.2) is 8.42 Å². The van der Waals surface area contributed by atoms with Crippen LogP contribution in [0.25, 0.3) is 0 Å². The fourth-order valence-electron chi connectivity index (χ4n) is 2.70. The van der Waals surface area contributed by atoms with Crippen LogP contribution < -0.4 is 0 Å². The summed E-state index contributed by atoms with van der Waals surface area (Å²) in [7, 11) is 1.79. The zero-order valence-electron chi connectivity index (χ0n) is 8.04. The van der Waals surface area contributed by atoms with E-state index in [1.807, 2.05) is 0 Å². The number of hydrogen-bond donors (Lipinski definition) is 0. The molecule has 1 aliphatic carbocycles. The smallest absolute Gasteiger partial charge is 0.235 e. The monoisotopic (exact) mass is 238 g/mol. The molecule has 1 heterocycles. The van der Waals surface area contributed by atoms with Crippen molar-refractivity contribution in [2.24, 2.45) is 5.41 Å². The summed E-state index contributed by atoms with van der Waals surface area (Å²) in [4.78, 5) is 0. The van der Waals surface area contributed by atoms with Crippen LogP contribution in [0.1, 0.15) is 32.1 Å². The number of ether oxygens (including phenoxy) is 1. The van der Waals surface area contributed by atoms with Gasteiger partial charge in [-0.3, -0.25) is 0 Å². The summed E-state index contributed by atoms with van der Waals surface area (Å²) in [5.74, 6) is -0.0314. The average molecular weight is 239 g/mol. The standard InChI is InChI=1S/C9H15ClO3S/c10-14(11,12)6-8-5-9(7-13-8)3-1-2-4-9/h8H,1-7H2. The Hall–Kier alpha value is 0.200. The lowest BCUT2D eigenvalue weighted by Crippen LogP contribution is -2.19. The summed E-state index contributed by atoms with van der Waals surface area (Å²) in [6.45, 7) is 0.726. The molecule has 0 N–H and O–H groups in total. The van der Waals surface area contributed by atoms with Gasteiger partial charge in [0.2, 0.25) is 9.05 Å². The summed E-state index contributed by atoms with van der Waals surface area (Å²) >= 11 is 0. The number of halogens is 1. The fourth-order valence-corrected chi connectivity index (χ4v) is 3.78. The minimum absolute atomic E-state index is 0.0314. The number of rotatable bonds is 2. The molecule has 1 saturated carbocycles. The Labute approximate surface area is 89.2 Å². The molecule has 0 bridgehead atoms. The van der Waals surface area contributed by atoms with Gasteiger partial charge in [0.1, 0.15) is 0 Å². The van der Waals surface area contributed by atoms with Gasteiger partial charge >= 0.3 is 0 Å². The Kier molecular flexibility index (Phi) is 2.79. The first kappa shape index (κ1) is 10.7. The van der Waals surface area contributed by atoms with E-state index in [9.17, 15) is 8.42 Å². The van der Waals surface area contributed by atoms with E-state index in [1.54, 1.807) is 0 Å². The molecule has 82 valence electrons. The molecule has 3 nitrogen and oxygen atoms in total. The Morgan fingerprint density at radius 1 is 1.36 bits per heavy atom. The highest BCUT2D eigenvalue weighted by Gasteiger charge is 2.42. The largest absolute Gasteiger partial charge is 0.377 e. The second kappa shape index (κ2) is 3.65. The minimum Gasteiger partial charge on any atom is -0.377 e. The van der Waals surface area contributed by atoms with Gasteiger partial charge in [0.05, 0.1) is 18.5 Å². The van der Waals surface area contributed by atoms with Gasteiger partial charge in [-0.15, -0.1) is 0 Å². The second-order valence-electron chi connectivity index (χ2n) is 4.55. The Bertz CT molecular complexity index is 306. The number of hydrogen-bond acceptors (Lipinski definition) is 3. The molecule has 14 heavy (non-hydrogen) atoms. The van der Waals surface area contributed by atoms with Crippen LogP contribution in [0.5, 0.6) is 0 Å². The first-order chi connectivity index (χ1) is 6.49. The maximum atomic E-state index is 10.9. The van der Waals surface area contributed by atoms with Crippen LogP contribution in [-0.4, -0.2) is 26.9 Å². The maximum Gasteiger partial charge on any atom is 0.235 e. The molecule has 1 saturated heterocycles. The molecule has 0 amide bonds. The maximum absolute atomic E-state index is 10.9. The van der Waals surface area contributed by atoms with Gasteiger partial charge < -0.3 is 4.74 Å². The minimum atomic E-state index is -3.41. The predicted molar refractivity (Wildman–Crippen MR) is 54.9 cm³/mol. The molecule has 0 aromatic heterocycles. The van der Waals surface area contributed by atoms with Crippen LogP contribution in [0.3, 0.4) is 0 Å². The van der Waals surface area contributed by atoms with Crippen molar-refractivity contribution < 1.29 is 13.2 Å². The van der Waals surface area contributed by atoms with Crippen molar-refractivity contribution in [2.75, 3.05) is 12.4 Å². The van der Waals surface area contributed by atoms with Crippen LogP contribution in [0.2, 0.25) is 0 Å². The first-order valence-electron chi connectivity index (χ1n) is 5.03. The van der Waals surface area contributed by atoms with Gasteiger partial charge in [0.25, 0.3) is 0 Å². The zero-order valence-corrected chi connectivity index (χ0v) is 9.61. The summed E-state index contributed by atoms with van der Waals surface area (Å²) < 4.78 is 27.3. The first-order valence-corrected chi connectivity index (χ1v) is 7.51. The van der Waals surface area contributed by atoms with Crippen LogP contribution in [0.4, 0.5) is 0 Å². The molecular formula is C9H15ClO3S. The van der Waals surface area contributed by atoms with Gasteiger partial charge in [-0.2, -0.15) is 0 Å². The Balaban J connectivity index is 1.94. The van der Waals surface area contributed by atoms with Crippen LogP contribution in [0, 0.1) is 5.41 Å². The third-order valence-corrected chi connectivity index (χ3v) is 4.48. The van der Waals surface area contributed by atoms with Crippen molar-refractivity contribution >= 4 is 19.7 Å². The highest BCUT2D eigenvalue weighted by molar-refractivity contribution is 8.13. The summed E-state index contributed by atoms with van der Waals surface area (Å²) in [5, 5.41) is 0. The van der Waals surface area contributed by atoms with Crippen LogP contribution in [0.15, 0.2) is 0 Å². The van der Waals surface area contributed by atoms with E-state index in [-0.39, 0.29) is 17.3 Å². The van der Waals surface area contributed by atoms with E-state index in [0.717, 1.165) is 13.0 Å². The van der Waals surface area contributed by atoms with Crippen molar-refractivity contribution in [3.63, 3.8) is 0 Å². The SMILES string of the molecule is O=S(=O)(Cl)CC1CC2(CCCC2)CO1. The van der Waals surface area contributed by atoms with Gasteiger partial charge in [-0.1, -0.05) is 12.8 Å². The molecular weight excluding hydrogens is 224 g/mol. The quantitative estimate of drug-likeness (QED) is 0.691.